The van der Waals surface area contributed by atoms with Gasteiger partial charge >= 0.3 is 0 Å². The number of hydrogen-bond acceptors (Lipinski definition) is 6. The molecular weight excluding hydrogens is 288 g/mol. The first-order valence-corrected chi connectivity index (χ1v) is 8.48. The number of benzene rings is 1. The standard InChI is InChI=1S/C14H16N4O2S/c15-10-12-2-1-3-13(11-16)14(12)17-4-5-18-6-8-21(19,20)9-7-18/h1-3,17H,4-9H2. The van der Waals surface area contributed by atoms with Crippen LogP contribution in [0.2, 0.25) is 0 Å². The zero-order valence-electron chi connectivity index (χ0n) is 11.5. The summed E-state index contributed by atoms with van der Waals surface area (Å²) in [6.45, 7) is 2.32. The molecule has 1 aromatic carbocycles. The number of nitrogens with one attached hydrogen (secondary N) is 1. The summed E-state index contributed by atoms with van der Waals surface area (Å²) >= 11 is 0. The van der Waals surface area contributed by atoms with Crippen LogP contribution in [-0.4, -0.2) is 51.0 Å². The van der Waals surface area contributed by atoms with Crippen LogP contribution in [0.25, 0.3) is 0 Å². The Morgan fingerprint density at radius 3 is 2.24 bits per heavy atom. The van der Waals surface area contributed by atoms with E-state index in [0.29, 0.717) is 43.0 Å². The molecule has 21 heavy (non-hydrogen) atoms. The van der Waals surface area contributed by atoms with Gasteiger partial charge in [0.05, 0.1) is 28.3 Å². The van der Waals surface area contributed by atoms with Crippen molar-refractivity contribution < 1.29 is 8.42 Å². The molecule has 1 N–H and O–H groups in total. The molecule has 1 fully saturated rings. The Bertz CT molecular complexity index is 654. The Kier molecular flexibility index (Phi) is 4.79. The van der Waals surface area contributed by atoms with Crippen molar-refractivity contribution in [2.24, 2.45) is 0 Å². The summed E-state index contributed by atoms with van der Waals surface area (Å²) in [6, 6.07) is 9.13. The molecule has 2 rings (SSSR count). The van der Waals surface area contributed by atoms with Crippen molar-refractivity contribution in [3.05, 3.63) is 29.3 Å². The molecule has 0 unspecified atom stereocenters. The third-order valence-corrected chi connectivity index (χ3v) is 5.08. The van der Waals surface area contributed by atoms with Crippen LogP contribution in [-0.2, 0) is 9.84 Å². The molecule has 0 amide bonds. The van der Waals surface area contributed by atoms with E-state index >= 15 is 0 Å². The van der Waals surface area contributed by atoms with Crippen LogP contribution in [0.3, 0.4) is 0 Å². The van der Waals surface area contributed by atoms with E-state index in [0.717, 1.165) is 0 Å². The van der Waals surface area contributed by atoms with Gasteiger partial charge in [-0.2, -0.15) is 10.5 Å². The highest BCUT2D eigenvalue weighted by molar-refractivity contribution is 7.91. The lowest BCUT2D eigenvalue weighted by atomic mass is 10.1. The van der Waals surface area contributed by atoms with Gasteiger partial charge in [0.2, 0.25) is 0 Å². The first kappa shape index (κ1) is 15.3. The normalized spacial score (nSPS) is 17.6. The Balaban J connectivity index is 1.93. The number of para-hydroxylation sites is 1. The highest BCUT2D eigenvalue weighted by Gasteiger charge is 2.21. The Labute approximate surface area is 124 Å². The summed E-state index contributed by atoms with van der Waals surface area (Å²) in [6.07, 6.45) is 0. The van der Waals surface area contributed by atoms with Crippen LogP contribution < -0.4 is 5.32 Å². The molecule has 0 spiro atoms. The molecule has 7 heteroatoms. The number of hydrogen-bond donors (Lipinski definition) is 1. The molecule has 0 atom stereocenters. The van der Waals surface area contributed by atoms with Crippen LogP contribution in [0.15, 0.2) is 18.2 Å². The van der Waals surface area contributed by atoms with Crippen molar-refractivity contribution in [1.29, 1.82) is 10.5 Å². The molecule has 0 saturated carbocycles. The molecule has 0 bridgehead atoms. The lowest BCUT2D eigenvalue weighted by Gasteiger charge is -2.26. The van der Waals surface area contributed by atoms with Crippen molar-refractivity contribution in [2.45, 2.75) is 0 Å². The van der Waals surface area contributed by atoms with E-state index in [2.05, 4.69) is 22.4 Å². The summed E-state index contributed by atoms with van der Waals surface area (Å²) < 4.78 is 22.7. The highest BCUT2D eigenvalue weighted by atomic mass is 32.2. The quantitative estimate of drug-likeness (QED) is 0.873. The maximum absolute atomic E-state index is 11.3. The number of nitrogens with zero attached hydrogens (tertiary/aromatic N) is 3. The molecule has 1 aliphatic rings. The third-order valence-electron chi connectivity index (χ3n) is 3.47. The summed E-state index contributed by atoms with van der Waals surface area (Å²) in [7, 11) is -2.86. The van der Waals surface area contributed by atoms with Crippen LogP contribution in [0.1, 0.15) is 11.1 Å². The van der Waals surface area contributed by atoms with Crippen molar-refractivity contribution in [1.82, 2.24) is 4.90 Å². The van der Waals surface area contributed by atoms with Crippen LogP contribution in [0.4, 0.5) is 5.69 Å². The summed E-state index contributed by atoms with van der Waals surface area (Å²) in [5.74, 6) is 0.399. The lowest BCUT2D eigenvalue weighted by Crippen LogP contribution is -2.42. The van der Waals surface area contributed by atoms with Gasteiger partial charge < -0.3 is 5.32 Å². The largest absolute Gasteiger partial charge is 0.382 e. The molecular formula is C14H16N4O2S. The molecule has 1 saturated heterocycles. The molecule has 110 valence electrons. The van der Waals surface area contributed by atoms with Gasteiger partial charge in [-0.3, -0.25) is 4.90 Å². The molecule has 0 aromatic heterocycles. The zero-order valence-corrected chi connectivity index (χ0v) is 12.4. The Hall–Kier alpha value is -2.09. The van der Waals surface area contributed by atoms with E-state index < -0.39 is 9.84 Å². The van der Waals surface area contributed by atoms with Crippen LogP contribution in [0, 0.1) is 22.7 Å². The second-order valence-corrected chi connectivity index (χ2v) is 7.18. The van der Waals surface area contributed by atoms with E-state index in [4.69, 9.17) is 10.5 Å². The van der Waals surface area contributed by atoms with Gasteiger partial charge in [-0.15, -0.1) is 0 Å². The molecule has 1 aromatic rings. The number of anilines is 1. The fourth-order valence-corrected chi connectivity index (χ4v) is 3.52. The third kappa shape index (κ3) is 3.94. The minimum absolute atomic E-state index is 0.200. The molecule has 1 aliphatic heterocycles. The van der Waals surface area contributed by atoms with E-state index in [-0.39, 0.29) is 11.5 Å². The molecule has 0 aliphatic carbocycles. The predicted molar refractivity (Wildman–Crippen MR) is 79.5 cm³/mol. The summed E-state index contributed by atoms with van der Waals surface area (Å²) in [5, 5.41) is 21.3. The van der Waals surface area contributed by atoms with Crippen molar-refractivity contribution in [3.63, 3.8) is 0 Å². The van der Waals surface area contributed by atoms with E-state index in [1.165, 1.54) is 0 Å². The summed E-state index contributed by atoms with van der Waals surface area (Å²) in [4.78, 5) is 2.06. The maximum Gasteiger partial charge on any atom is 0.152 e. The Morgan fingerprint density at radius 2 is 1.71 bits per heavy atom. The van der Waals surface area contributed by atoms with E-state index in [1.54, 1.807) is 18.2 Å². The highest BCUT2D eigenvalue weighted by Crippen LogP contribution is 2.19. The molecule has 6 nitrogen and oxygen atoms in total. The molecule has 1 heterocycles. The number of sulfone groups is 1. The van der Waals surface area contributed by atoms with Crippen molar-refractivity contribution >= 4 is 15.5 Å². The summed E-state index contributed by atoms with van der Waals surface area (Å²) in [5.41, 5.74) is 1.43. The monoisotopic (exact) mass is 304 g/mol. The average Bonchev–Trinajstić information content (AvgIpc) is 2.49. The van der Waals surface area contributed by atoms with E-state index in [1.807, 2.05) is 0 Å². The topological polar surface area (TPSA) is 97.0 Å². The van der Waals surface area contributed by atoms with Gasteiger partial charge in [0.1, 0.15) is 12.1 Å². The first-order valence-electron chi connectivity index (χ1n) is 6.65. The zero-order chi connectivity index (χ0) is 15.3. The van der Waals surface area contributed by atoms with Gasteiger partial charge in [-0.1, -0.05) is 6.07 Å². The van der Waals surface area contributed by atoms with Gasteiger partial charge in [0, 0.05) is 26.2 Å². The predicted octanol–water partition coefficient (Wildman–Crippen LogP) is 0.572. The van der Waals surface area contributed by atoms with E-state index in [9.17, 15) is 8.42 Å². The minimum atomic E-state index is -2.86. The fraction of sp³-hybridized carbons (Fsp3) is 0.429. The first-order chi connectivity index (χ1) is 10.1. The fourth-order valence-electron chi connectivity index (χ4n) is 2.24. The maximum atomic E-state index is 11.3. The second kappa shape index (κ2) is 6.57. The van der Waals surface area contributed by atoms with Crippen molar-refractivity contribution in [2.75, 3.05) is 43.0 Å². The van der Waals surface area contributed by atoms with Crippen LogP contribution >= 0.6 is 0 Å². The SMILES string of the molecule is N#Cc1cccc(C#N)c1NCCN1CCS(=O)(=O)CC1. The minimum Gasteiger partial charge on any atom is -0.382 e. The van der Waals surface area contributed by atoms with Gasteiger partial charge in [0.25, 0.3) is 0 Å². The Morgan fingerprint density at radius 1 is 1.14 bits per heavy atom. The lowest BCUT2D eigenvalue weighted by molar-refractivity contribution is 0.307. The van der Waals surface area contributed by atoms with Crippen molar-refractivity contribution in [3.8, 4) is 12.1 Å². The van der Waals surface area contributed by atoms with Crippen LogP contribution in [0.5, 0.6) is 0 Å². The molecule has 0 radical (unpaired) electrons. The van der Waals surface area contributed by atoms with Gasteiger partial charge in [-0.25, -0.2) is 8.42 Å². The average molecular weight is 304 g/mol. The second-order valence-electron chi connectivity index (χ2n) is 4.87. The van der Waals surface area contributed by atoms with Gasteiger partial charge in [0.15, 0.2) is 9.84 Å². The smallest absolute Gasteiger partial charge is 0.152 e. The number of rotatable bonds is 4. The van der Waals surface area contributed by atoms with Gasteiger partial charge in [-0.05, 0) is 12.1 Å². The number of nitriles is 2.